The molecule has 2 aromatic carbocycles. The molecule has 1 aliphatic heterocycles. The first-order valence-corrected chi connectivity index (χ1v) is 10.9. The van der Waals surface area contributed by atoms with Gasteiger partial charge in [0.1, 0.15) is 0 Å². The molecule has 31 heavy (non-hydrogen) atoms. The number of amides is 1. The molecule has 1 fully saturated rings. The zero-order valence-corrected chi connectivity index (χ0v) is 18.2. The summed E-state index contributed by atoms with van der Waals surface area (Å²) in [5.74, 6) is -0.0707. The Morgan fingerprint density at radius 3 is 2.52 bits per heavy atom. The topological polar surface area (TPSA) is 44.4 Å². The molecule has 2 aromatic rings. The standard InChI is InChI=1S/C23H27ClF3N3O/c1-2-13-30(15-16-6-8-17(9-7-16)23(25,26)27)21-11-10-18(14-19(21)24)29-22(31)20-5-3-4-12-28-20/h6-11,14,20,28H,2-5,12-13,15H2,1H3,(H,29,31)/t20-/m1/s1. The van der Waals surface area contributed by atoms with Gasteiger partial charge in [0, 0.05) is 18.8 Å². The maximum Gasteiger partial charge on any atom is 0.416 e. The van der Waals surface area contributed by atoms with Crippen LogP contribution in [0.3, 0.4) is 0 Å². The van der Waals surface area contributed by atoms with Gasteiger partial charge in [0.2, 0.25) is 5.91 Å². The van der Waals surface area contributed by atoms with Gasteiger partial charge in [-0.2, -0.15) is 13.2 Å². The Kier molecular flexibility index (Phi) is 7.84. The molecule has 0 saturated carbocycles. The highest BCUT2D eigenvalue weighted by Crippen LogP contribution is 2.32. The number of piperidine rings is 1. The molecule has 0 unspecified atom stereocenters. The second kappa shape index (κ2) is 10.4. The van der Waals surface area contributed by atoms with E-state index in [4.69, 9.17) is 11.6 Å². The fourth-order valence-electron chi connectivity index (χ4n) is 3.72. The van der Waals surface area contributed by atoms with E-state index in [2.05, 4.69) is 10.6 Å². The minimum Gasteiger partial charge on any atom is -0.366 e. The average molecular weight is 454 g/mol. The minimum atomic E-state index is -4.35. The summed E-state index contributed by atoms with van der Waals surface area (Å²) in [6, 6.07) is 10.3. The molecule has 0 aromatic heterocycles. The fourth-order valence-corrected chi connectivity index (χ4v) is 4.02. The zero-order chi connectivity index (χ0) is 22.4. The van der Waals surface area contributed by atoms with Crippen LogP contribution in [0.4, 0.5) is 24.5 Å². The first kappa shape index (κ1) is 23.4. The maximum absolute atomic E-state index is 12.8. The highest BCUT2D eigenvalue weighted by molar-refractivity contribution is 6.33. The Morgan fingerprint density at radius 1 is 1.19 bits per heavy atom. The van der Waals surface area contributed by atoms with Crippen LogP contribution in [-0.4, -0.2) is 25.0 Å². The van der Waals surface area contributed by atoms with Gasteiger partial charge in [-0.25, -0.2) is 0 Å². The highest BCUT2D eigenvalue weighted by atomic mass is 35.5. The van der Waals surface area contributed by atoms with E-state index in [0.717, 1.165) is 55.6 Å². The van der Waals surface area contributed by atoms with Crippen molar-refractivity contribution in [3.8, 4) is 0 Å². The van der Waals surface area contributed by atoms with Gasteiger partial charge in [-0.05, 0) is 61.7 Å². The van der Waals surface area contributed by atoms with Crippen LogP contribution in [0.25, 0.3) is 0 Å². The lowest BCUT2D eigenvalue weighted by atomic mass is 10.0. The van der Waals surface area contributed by atoms with Crippen LogP contribution in [0, 0.1) is 0 Å². The van der Waals surface area contributed by atoms with Crippen molar-refractivity contribution in [2.75, 3.05) is 23.3 Å². The summed E-state index contributed by atoms with van der Waals surface area (Å²) in [7, 11) is 0. The van der Waals surface area contributed by atoms with E-state index in [9.17, 15) is 18.0 Å². The summed E-state index contributed by atoms with van der Waals surface area (Å²) in [6.07, 6.45) is -0.576. The predicted octanol–water partition coefficient (Wildman–Crippen LogP) is 5.86. The van der Waals surface area contributed by atoms with Crippen LogP contribution in [-0.2, 0) is 17.5 Å². The van der Waals surface area contributed by atoms with E-state index >= 15 is 0 Å². The maximum atomic E-state index is 12.8. The first-order chi connectivity index (χ1) is 14.8. The number of benzene rings is 2. The molecule has 2 N–H and O–H groups in total. The van der Waals surface area contributed by atoms with E-state index in [-0.39, 0.29) is 11.9 Å². The molecule has 168 valence electrons. The van der Waals surface area contributed by atoms with Gasteiger partial charge in [-0.1, -0.05) is 37.1 Å². The van der Waals surface area contributed by atoms with Crippen molar-refractivity contribution in [1.29, 1.82) is 0 Å². The third kappa shape index (κ3) is 6.37. The molecular formula is C23H27ClF3N3O. The molecule has 3 rings (SSSR count). The number of halogens is 4. The van der Waals surface area contributed by atoms with Gasteiger partial charge >= 0.3 is 6.18 Å². The zero-order valence-electron chi connectivity index (χ0n) is 17.4. The fraction of sp³-hybridized carbons (Fsp3) is 0.435. The van der Waals surface area contributed by atoms with E-state index in [0.29, 0.717) is 23.8 Å². The molecule has 8 heteroatoms. The second-order valence-electron chi connectivity index (χ2n) is 7.77. The van der Waals surface area contributed by atoms with Crippen molar-refractivity contribution in [3.63, 3.8) is 0 Å². The van der Waals surface area contributed by atoms with Crippen LogP contribution in [0.2, 0.25) is 5.02 Å². The summed E-state index contributed by atoms with van der Waals surface area (Å²) >= 11 is 6.52. The lowest BCUT2D eigenvalue weighted by Gasteiger charge is -2.26. The molecule has 4 nitrogen and oxygen atoms in total. The van der Waals surface area contributed by atoms with Crippen molar-refractivity contribution in [2.24, 2.45) is 0 Å². The summed E-state index contributed by atoms with van der Waals surface area (Å²) in [5.41, 5.74) is 1.50. The number of carbonyl (C=O) groups excluding carboxylic acids is 1. The number of nitrogens with zero attached hydrogens (tertiary/aromatic N) is 1. The number of hydrogen-bond acceptors (Lipinski definition) is 3. The smallest absolute Gasteiger partial charge is 0.366 e. The number of alkyl halides is 3. The van der Waals surface area contributed by atoms with Gasteiger partial charge in [-0.3, -0.25) is 4.79 Å². The van der Waals surface area contributed by atoms with Gasteiger partial charge in [0.25, 0.3) is 0 Å². The van der Waals surface area contributed by atoms with E-state index in [1.807, 2.05) is 17.9 Å². The number of carbonyl (C=O) groups is 1. The summed E-state index contributed by atoms with van der Waals surface area (Å²) in [4.78, 5) is 14.5. The lowest BCUT2D eigenvalue weighted by Crippen LogP contribution is -2.43. The molecule has 0 spiro atoms. The summed E-state index contributed by atoms with van der Waals surface area (Å²) in [5, 5.41) is 6.61. The normalized spacial score (nSPS) is 16.7. The van der Waals surface area contributed by atoms with Gasteiger partial charge in [-0.15, -0.1) is 0 Å². The van der Waals surface area contributed by atoms with Crippen LogP contribution >= 0.6 is 11.6 Å². The van der Waals surface area contributed by atoms with Crippen LogP contribution in [0.15, 0.2) is 42.5 Å². The van der Waals surface area contributed by atoms with E-state index < -0.39 is 11.7 Å². The average Bonchev–Trinajstić information content (AvgIpc) is 2.74. The lowest BCUT2D eigenvalue weighted by molar-refractivity contribution is -0.137. The molecule has 0 bridgehead atoms. The molecule has 1 amide bonds. The number of rotatable bonds is 7. The molecule has 0 radical (unpaired) electrons. The number of nitrogens with one attached hydrogen (secondary N) is 2. The Morgan fingerprint density at radius 2 is 1.94 bits per heavy atom. The third-order valence-electron chi connectivity index (χ3n) is 5.33. The minimum absolute atomic E-state index is 0.0707. The van der Waals surface area contributed by atoms with Crippen molar-refractivity contribution in [1.82, 2.24) is 5.32 Å². The van der Waals surface area contributed by atoms with E-state index in [1.54, 1.807) is 12.1 Å². The molecular weight excluding hydrogens is 427 g/mol. The van der Waals surface area contributed by atoms with Crippen LogP contribution < -0.4 is 15.5 Å². The predicted molar refractivity (Wildman–Crippen MR) is 119 cm³/mol. The largest absolute Gasteiger partial charge is 0.416 e. The summed E-state index contributed by atoms with van der Waals surface area (Å²) in [6.45, 7) is 4.00. The molecule has 1 aliphatic rings. The Bertz CT molecular complexity index is 881. The van der Waals surface area contributed by atoms with E-state index in [1.165, 1.54) is 12.1 Å². The molecule has 1 heterocycles. The van der Waals surface area contributed by atoms with Gasteiger partial charge in [0.15, 0.2) is 0 Å². The number of hydrogen-bond donors (Lipinski definition) is 2. The monoisotopic (exact) mass is 453 g/mol. The van der Waals surface area contributed by atoms with Crippen LogP contribution in [0.1, 0.15) is 43.7 Å². The van der Waals surface area contributed by atoms with Gasteiger partial charge in [0.05, 0.1) is 22.3 Å². The molecule has 0 aliphatic carbocycles. The Balaban J connectivity index is 1.71. The summed E-state index contributed by atoms with van der Waals surface area (Å²) < 4.78 is 38.4. The Labute approximate surface area is 185 Å². The van der Waals surface area contributed by atoms with Crippen molar-refractivity contribution >= 4 is 28.9 Å². The molecule has 1 saturated heterocycles. The van der Waals surface area contributed by atoms with Gasteiger partial charge < -0.3 is 15.5 Å². The molecule has 1 atom stereocenters. The SMILES string of the molecule is CCCN(Cc1ccc(C(F)(F)F)cc1)c1ccc(NC(=O)[C@H]2CCCCN2)cc1Cl. The second-order valence-corrected chi connectivity index (χ2v) is 8.18. The third-order valence-corrected chi connectivity index (χ3v) is 5.63. The number of anilines is 2. The van der Waals surface area contributed by atoms with Crippen molar-refractivity contribution < 1.29 is 18.0 Å². The quantitative estimate of drug-likeness (QED) is 0.552. The van der Waals surface area contributed by atoms with Crippen molar-refractivity contribution in [3.05, 3.63) is 58.6 Å². The Hall–Kier alpha value is -2.25. The first-order valence-electron chi connectivity index (χ1n) is 10.5. The highest BCUT2D eigenvalue weighted by Gasteiger charge is 2.30. The van der Waals surface area contributed by atoms with Crippen molar-refractivity contribution in [2.45, 2.75) is 51.4 Å². The van der Waals surface area contributed by atoms with Crippen LogP contribution in [0.5, 0.6) is 0 Å².